The van der Waals surface area contributed by atoms with Gasteiger partial charge in [0.25, 0.3) is 5.69 Å². The summed E-state index contributed by atoms with van der Waals surface area (Å²) >= 11 is 0.929. The second kappa shape index (κ2) is 11.0. The molecular formula is C25H22N4O7S. The third-order valence-corrected chi connectivity index (χ3v) is 6.29. The lowest BCUT2D eigenvalue weighted by atomic mass is 10.1. The molecule has 11 nitrogen and oxygen atoms in total. The molecule has 0 amide bonds. The number of thioether (sulfide) groups is 1. The Morgan fingerprint density at radius 1 is 1.11 bits per heavy atom. The van der Waals surface area contributed by atoms with Crippen LogP contribution in [0.4, 0.5) is 5.69 Å². The third kappa shape index (κ3) is 5.64. The molecule has 0 spiro atoms. The molecule has 0 saturated carbocycles. The lowest BCUT2D eigenvalue weighted by Gasteiger charge is -2.10. The highest BCUT2D eigenvalue weighted by Gasteiger charge is 2.20. The molecule has 0 aliphatic heterocycles. The molecule has 0 fully saturated rings. The Morgan fingerprint density at radius 3 is 2.46 bits per heavy atom. The van der Waals surface area contributed by atoms with Crippen molar-refractivity contribution >= 4 is 29.5 Å². The van der Waals surface area contributed by atoms with Crippen LogP contribution < -0.4 is 9.47 Å². The first-order valence-electron chi connectivity index (χ1n) is 11.0. The molecule has 0 aliphatic rings. The highest BCUT2D eigenvalue weighted by atomic mass is 32.2. The Labute approximate surface area is 215 Å². The number of aromatic nitrogens is 3. The van der Waals surface area contributed by atoms with E-state index in [4.69, 9.17) is 13.9 Å². The summed E-state index contributed by atoms with van der Waals surface area (Å²) < 4.78 is 18.2. The summed E-state index contributed by atoms with van der Waals surface area (Å²) in [5.74, 6) is 1.16. The molecule has 1 N–H and O–H groups in total. The lowest BCUT2D eigenvalue weighted by Crippen LogP contribution is -2.03. The minimum Gasteiger partial charge on any atom is -0.497 e. The lowest BCUT2D eigenvalue weighted by molar-refractivity contribution is -0.384. The van der Waals surface area contributed by atoms with Crippen molar-refractivity contribution < 1.29 is 28.7 Å². The zero-order chi connectivity index (χ0) is 26.5. The standard InChI is InChI=1S/C25H22N4O7S/c1-4-28-23(16-11-19(34-2)13-20(12-16)35-3)26-27-25(28)37-22(24(30)31)14-18-8-9-21(36-18)15-6-5-7-17(10-15)29(32)33/h5-14H,4H2,1-3H3,(H,30,31)/b22-14-. The van der Waals surface area contributed by atoms with Gasteiger partial charge in [-0.1, -0.05) is 12.1 Å². The summed E-state index contributed by atoms with van der Waals surface area (Å²) in [4.78, 5) is 22.6. The van der Waals surface area contributed by atoms with E-state index in [1.54, 1.807) is 61.3 Å². The van der Waals surface area contributed by atoms with Gasteiger partial charge in [-0.3, -0.25) is 10.1 Å². The number of carboxylic acid groups (broad SMARTS) is 1. The van der Waals surface area contributed by atoms with Gasteiger partial charge < -0.3 is 23.6 Å². The maximum atomic E-state index is 12.1. The number of carboxylic acids is 1. The number of nitrogens with zero attached hydrogens (tertiary/aromatic N) is 4. The van der Waals surface area contributed by atoms with Crippen LogP contribution in [0.15, 0.2) is 69.1 Å². The first-order chi connectivity index (χ1) is 17.8. The highest BCUT2D eigenvalue weighted by Crippen LogP contribution is 2.34. The summed E-state index contributed by atoms with van der Waals surface area (Å²) in [5, 5.41) is 29.8. The SMILES string of the molecule is CCn1c(S/C(=C\c2ccc(-c3cccc([N+](=O)[O-])c3)o2)C(=O)O)nnc1-c1cc(OC)cc(OC)c1. The monoisotopic (exact) mass is 522 g/mol. The fraction of sp³-hybridized carbons (Fsp3) is 0.160. The Hall–Kier alpha value is -4.58. The van der Waals surface area contributed by atoms with Gasteiger partial charge in [0.15, 0.2) is 11.0 Å². The van der Waals surface area contributed by atoms with E-state index in [0.717, 1.165) is 11.8 Å². The molecule has 12 heteroatoms. The predicted octanol–water partition coefficient (Wildman–Crippen LogP) is 5.37. The van der Waals surface area contributed by atoms with Crippen molar-refractivity contribution in [2.45, 2.75) is 18.6 Å². The van der Waals surface area contributed by atoms with Gasteiger partial charge in [-0.25, -0.2) is 4.79 Å². The van der Waals surface area contributed by atoms with Crippen molar-refractivity contribution in [3.63, 3.8) is 0 Å². The number of non-ortho nitro benzene ring substituents is 1. The second-order valence-corrected chi connectivity index (χ2v) is 8.59. The molecule has 0 atom stereocenters. The summed E-state index contributed by atoms with van der Waals surface area (Å²) in [7, 11) is 3.10. The van der Waals surface area contributed by atoms with E-state index in [1.807, 2.05) is 6.92 Å². The predicted molar refractivity (Wildman–Crippen MR) is 137 cm³/mol. The van der Waals surface area contributed by atoms with Gasteiger partial charge >= 0.3 is 5.97 Å². The Kier molecular flexibility index (Phi) is 7.58. The highest BCUT2D eigenvalue weighted by molar-refractivity contribution is 8.04. The second-order valence-electron chi connectivity index (χ2n) is 7.58. The van der Waals surface area contributed by atoms with Gasteiger partial charge in [-0.15, -0.1) is 10.2 Å². The van der Waals surface area contributed by atoms with Crippen LogP contribution in [0.3, 0.4) is 0 Å². The van der Waals surface area contributed by atoms with Crippen LogP contribution in [0.2, 0.25) is 0 Å². The van der Waals surface area contributed by atoms with E-state index < -0.39 is 10.9 Å². The Morgan fingerprint density at radius 2 is 1.84 bits per heavy atom. The number of ether oxygens (including phenoxy) is 2. The van der Waals surface area contributed by atoms with Gasteiger partial charge in [0.1, 0.15) is 27.9 Å². The van der Waals surface area contributed by atoms with Gasteiger partial charge in [0.2, 0.25) is 0 Å². The fourth-order valence-corrected chi connectivity index (χ4v) is 4.39. The molecule has 0 bridgehead atoms. The zero-order valence-electron chi connectivity index (χ0n) is 20.1. The molecule has 2 aromatic heterocycles. The number of furan rings is 1. The molecule has 37 heavy (non-hydrogen) atoms. The topological polar surface area (TPSA) is 143 Å². The van der Waals surface area contributed by atoms with Crippen molar-refractivity contribution in [3.05, 3.63) is 75.4 Å². The van der Waals surface area contributed by atoms with Gasteiger partial charge in [0, 0.05) is 41.9 Å². The van der Waals surface area contributed by atoms with Crippen molar-refractivity contribution in [1.29, 1.82) is 0 Å². The molecule has 0 saturated heterocycles. The van der Waals surface area contributed by atoms with Crippen LogP contribution in [0.5, 0.6) is 11.5 Å². The molecule has 4 aromatic rings. The van der Waals surface area contributed by atoms with Crippen molar-refractivity contribution in [3.8, 4) is 34.2 Å². The summed E-state index contributed by atoms with van der Waals surface area (Å²) in [5.41, 5.74) is 1.13. The largest absolute Gasteiger partial charge is 0.497 e. The molecule has 2 heterocycles. The van der Waals surface area contributed by atoms with Crippen LogP contribution in [-0.2, 0) is 11.3 Å². The molecule has 0 unspecified atom stereocenters. The van der Waals surface area contributed by atoms with Gasteiger partial charge in [-0.2, -0.15) is 0 Å². The molecule has 0 aliphatic carbocycles. The van der Waals surface area contributed by atoms with Crippen LogP contribution in [0.1, 0.15) is 12.7 Å². The average molecular weight is 523 g/mol. The molecule has 0 radical (unpaired) electrons. The molecular weight excluding hydrogens is 500 g/mol. The van der Waals surface area contributed by atoms with Crippen LogP contribution in [0, 0.1) is 10.1 Å². The van der Waals surface area contributed by atoms with E-state index in [-0.39, 0.29) is 16.4 Å². The first kappa shape index (κ1) is 25.5. The number of aliphatic carboxylic acids is 1. The van der Waals surface area contributed by atoms with Crippen molar-refractivity contribution in [2.75, 3.05) is 14.2 Å². The molecule has 2 aromatic carbocycles. The number of carbonyl (C=O) groups is 1. The number of rotatable bonds is 10. The van der Waals surface area contributed by atoms with Crippen molar-refractivity contribution in [1.82, 2.24) is 14.8 Å². The minimum atomic E-state index is -1.17. The maximum Gasteiger partial charge on any atom is 0.342 e. The van der Waals surface area contributed by atoms with E-state index in [9.17, 15) is 20.0 Å². The van der Waals surface area contributed by atoms with Crippen molar-refractivity contribution in [2.24, 2.45) is 0 Å². The van der Waals surface area contributed by atoms with Crippen LogP contribution in [-0.4, -0.2) is 45.0 Å². The number of methoxy groups -OCH3 is 2. The quantitative estimate of drug-likeness (QED) is 0.125. The summed E-state index contributed by atoms with van der Waals surface area (Å²) in [6.07, 6.45) is 1.37. The van der Waals surface area contributed by atoms with E-state index in [1.165, 1.54) is 18.2 Å². The Balaban J connectivity index is 1.65. The fourth-order valence-electron chi connectivity index (χ4n) is 3.52. The van der Waals surface area contributed by atoms with E-state index in [0.29, 0.717) is 45.9 Å². The van der Waals surface area contributed by atoms with E-state index >= 15 is 0 Å². The average Bonchev–Trinajstić information content (AvgIpc) is 3.54. The number of nitro benzene ring substituents is 1. The van der Waals surface area contributed by atoms with Crippen LogP contribution in [0.25, 0.3) is 28.8 Å². The van der Waals surface area contributed by atoms with Gasteiger partial charge in [-0.05, 0) is 43.0 Å². The first-order valence-corrected chi connectivity index (χ1v) is 11.8. The molecule has 4 rings (SSSR count). The number of hydrogen-bond acceptors (Lipinski definition) is 9. The Bertz CT molecular complexity index is 1470. The van der Waals surface area contributed by atoms with E-state index in [2.05, 4.69) is 10.2 Å². The van der Waals surface area contributed by atoms with Crippen LogP contribution >= 0.6 is 11.8 Å². The normalized spacial score (nSPS) is 11.4. The maximum absolute atomic E-state index is 12.1. The number of nitro groups is 1. The minimum absolute atomic E-state index is 0.0446. The molecule has 190 valence electrons. The number of benzene rings is 2. The summed E-state index contributed by atoms with van der Waals surface area (Å²) in [6, 6.07) is 14.5. The zero-order valence-corrected chi connectivity index (χ0v) is 20.9. The third-order valence-electron chi connectivity index (χ3n) is 5.30. The smallest absolute Gasteiger partial charge is 0.342 e. The van der Waals surface area contributed by atoms with Gasteiger partial charge in [0.05, 0.1) is 19.1 Å². The summed E-state index contributed by atoms with van der Waals surface area (Å²) in [6.45, 7) is 2.38. The number of hydrogen-bond donors (Lipinski definition) is 1.